The van der Waals surface area contributed by atoms with E-state index in [1.54, 1.807) is 6.20 Å². The summed E-state index contributed by atoms with van der Waals surface area (Å²) >= 11 is 0. The monoisotopic (exact) mass is 220 g/mol. The van der Waals surface area contributed by atoms with Crippen LogP contribution in [0.25, 0.3) is 0 Å². The van der Waals surface area contributed by atoms with Crippen LogP contribution in [0, 0.1) is 11.8 Å². The molecule has 0 saturated carbocycles. The molecule has 1 unspecified atom stereocenters. The fraction of sp³-hybridized carbons (Fsp3) is 0.667. The molecule has 1 aliphatic heterocycles. The highest BCUT2D eigenvalue weighted by atomic mass is 15.2. The van der Waals surface area contributed by atoms with Gasteiger partial charge in [0, 0.05) is 19.6 Å². The first kappa shape index (κ1) is 11.3. The fourth-order valence-corrected chi connectivity index (χ4v) is 2.16. The number of anilines is 1. The largest absolute Gasteiger partial charge is 0.355 e. The van der Waals surface area contributed by atoms with Crippen LogP contribution in [-0.4, -0.2) is 23.1 Å². The van der Waals surface area contributed by atoms with Crippen molar-refractivity contribution in [3.05, 3.63) is 18.1 Å². The standard InChI is InChI=1S/C12H20N4/c1-9(2)10-3-4-16(8-10)12-7-14-11(5-13)6-15-12/h6-7,9-10H,3-5,8,13H2,1-2H3. The third-order valence-electron chi connectivity index (χ3n) is 3.39. The quantitative estimate of drug-likeness (QED) is 0.837. The summed E-state index contributed by atoms with van der Waals surface area (Å²) in [5.74, 6) is 2.53. The zero-order valence-electron chi connectivity index (χ0n) is 10.1. The molecule has 1 aromatic heterocycles. The van der Waals surface area contributed by atoms with Gasteiger partial charge in [0.2, 0.25) is 0 Å². The van der Waals surface area contributed by atoms with Gasteiger partial charge in [0.15, 0.2) is 0 Å². The van der Waals surface area contributed by atoms with E-state index >= 15 is 0 Å². The van der Waals surface area contributed by atoms with Crippen molar-refractivity contribution in [1.82, 2.24) is 9.97 Å². The van der Waals surface area contributed by atoms with E-state index in [0.717, 1.165) is 36.4 Å². The van der Waals surface area contributed by atoms with E-state index in [4.69, 9.17) is 5.73 Å². The number of nitrogens with two attached hydrogens (primary N) is 1. The van der Waals surface area contributed by atoms with Gasteiger partial charge in [0.25, 0.3) is 0 Å². The van der Waals surface area contributed by atoms with Gasteiger partial charge in [0.1, 0.15) is 5.82 Å². The first-order chi connectivity index (χ1) is 7.70. The van der Waals surface area contributed by atoms with E-state index in [2.05, 4.69) is 28.7 Å². The summed E-state index contributed by atoms with van der Waals surface area (Å²) in [5.41, 5.74) is 6.35. The lowest BCUT2D eigenvalue weighted by molar-refractivity contribution is 0.422. The first-order valence-corrected chi connectivity index (χ1v) is 5.96. The van der Waals surface area contributed by atoms with Gasteiger partial charge in [0.05, 0.1) is 18.1 Å². The van der Waals surface area contributed by atoms with Gasteiger partial charge >= 0.3 is 0 Å². The average Bonchev–Trinajstić information content (AvgIpc) is 2.78. The molecule has 1 aromatic rings. The Bertz CT molecular complexity index is 333. The number of aromatic nitrogens is 2. The molecule has 0 aromatic carbocycles. The van der Waals surface area contributed by atoms with Crippen LogP contribution in [0.1, 0.15) is 26.0 Å². The summed E-state index contributed by atoms with van der Waals surface area (Å²) < 4.78 is 0. The summed E-state index contributed by atoms with van der Waals surface area (Å²) in [6.45, 7) is 7.24. The molecule has 1 atom stereocenters. The van der Waals surface area contributed by atoms with Crippen LogP contribution in [0.15, 0.2) is 12.4 Å². The van der Waals surface area contributed by atoms with Crippen molar-refractivity contribution in [2.24, 2.45) is 17.6 Å². The Balaban J connectivity index is 2.03. The van der Waals surface area contributed by atoms with Gasteiger partial charge in [-0.2, -0.15) is 0 Å². The Kier molecular flexibility index (Phi) is 3.39. The highest BCUT2D eigenvalue weighted by Gasteiger charge is 2.25. The maximum atomic E-state index is 5.50. The number of nitrogens with zero attached hydrogens (tertiary/aromatic N) is 3. The molecular formula is C12H20N4. The van der Waals surface area contributed by atoms with Crippen LogP contribution in [0.4, 0.5) is 5.82 Å². The van der Waals surface area contributed by atoms with Gasteiger partial charge < -0.3 is 10.6 Å². The predicted molar refractivity (Wildman–Crippen MR) is 65.1 cm³/mol. The van der Waals surface area contributed by atoms with E-state index in [9.17, 15) is 0 Å². The van der Waals surface area contributed by atoms with Crippen LogP contribution in [0.2, 0.25) is 0 Å². The average molecular weight is 220 g/mol. The molecule has 4 heteroatoms. The molecule has 0 spiro atoms. The molecule has 1 fully saturated rings. The van der Waals surface area contributed by atoms with Gasteiger partial charge in [-0.15, -0.1) is 0 Å². The van der Waals surface area contributed by atoms with Crippen LogP contribution >= 0.6 is 0 Å². The van der Waals surface area contributed by atoms with E-state index in [0.29, 0.717) is 6.54 Å². The SMILES string of the molecule is CC(C)C1CCN(c2cnc(CN)cn2)C1. The first-order valence-electron chi connectivity index (χ1n) is 5.96. The summed E-state index contributed by atoms with van der Waals surface area (Å²) in [4.78, 5) is 11.0. The Morgan fingerprint density at radius 1 is 1.44 bits per heavy atom. The minimum atomic E-state index is 0.460. The molecule has 2 heterocycles. The minimum Gasteiger partial charge on any atom is -0.355 e. The molecule has 0 bridgehead atoms. The summed E-state index contributed by atoms with van der Waals surface area (Å²) in [6.07, 6.45) is 4.88. The number of hydrogen-bond acceptors (Lipinski definition) is 4. The van der Waals surface area contributed by atoms with Crippen molar-refractivity contribution in [3.8, 4) is 0 Å². The molecule has 0 radical (unpaired) electrons. The van der Waals surface area contributed by atoms with E-state index in [1.165, 1.54) is 6.42 Å². The van der Waals surface area contributed by atoms with Crippen LogP contribution < -0.4 is 10.6 Å². The Labute approximate surface area is 96.9 Å². The molecule has 88 valence electrons. The Hall–Kier alpha value is -1.16. The van der Waals surface area contributed by atoms with Crippen molar-refractivity contribution in [2.45, 2.75) is 26.8 Å². The van der Waals surface area contributed by atoms with Gasteiger partial charge in [-0.05, 0) is 18.3 Å². The van der Waals surface area contributed by atoms with E-state index in [-0.39, 0.29) is 0 Å². The summed E-state index contributed by atoms with van der Waals surface area (Å²) in [6, 6.07) is 0. The maximum absolute atomic E-state index is 5.50. The Morgan fingerprint density at radius 2 is 2.25 bits per heavy atom. The van der Waals surface area contributed by atoms with E-state index < -0.39 is 0 Å². The molecule has 0 aliphatic carbocycles. The molecule has 16 heavy (non-hydrogen) atoms. The lowest BCUT2D eigenvalue weighted by atomic mass is 9.95. The van der Waals surface area contributed by atoms with Gasteiger partial charge in [-0.25, -0.2) is 4.98 Å². The van der Waals surface area contributed by atoms with Gasteiger partial charge in [-0.3, -0.25) is 4.98 Å². The molecule has 4 nitrogen and oxygen atoms in total. The fourth-order valence-electron chi connectivity index (χ4n) is 2.16. The molecular weight excluding hydrogens is 200 g/mol. The minimum absolute atomic E-state index is 0.460. The van der Waals surface area contributed by atoms with Crippen LogP contribution in [0.3, 0.4) is 0 Å². The number of hydrogen-bond donors (Lipinski definition) is 1. The second-order valence-corrected chi connectivity index (χ2v) is 4.81. The van der Waals surface area contributed by atoms with Crippen molar-refractivity contribution in [2.75, 3.05) is 18.0 Å². The lowest BCUT2D eigenvalue weighted by Crippen LogP contribution is -2.22. The van der Waals surface area contributed by atoms with Crippen molar-refractivity contribution < 1.29 is 0 Å². The second-order valence-electron chi connectivity index (χ2n) is 4.81. The van der Waals surface area contributed by atoms with Crippen LogP contribution in [-0.2, 0) is 6.54 Å². The smallest absolute Gasteiger partial charge is 0.147 e. The third kappa shape index (κ3) is 2.32. The maximum Gasteiger partial charge on any atom is 0.147 e. The predicted octanol–water partition coefficient (Wildman–Crippen LogP) is 1.42. The normalized spacial score (nSPS) is 20.8. The topological polar surface area (TPSA) is 55.0 Å². The second kappa shape index (κ2) is 4.78. The third-order valence-corrected chi connectivity index (χ3v) is 3.39. The molecule has 2 N–H and O–H groups in total. The zero-order chi connectivity index (χ0) is 11.5. The van der Waals surface area contributed by atoms with Gasteiger partial charge in [-0.1, -0.05) is 13.8 Å². The van der Waals surface area contributed by atoms with Crippen LogP contribution in [0.5, 0.6) is 0 Å². The highest BCUT2D eigenvalue weighted by molar-refractivity contribution is 5.37. The van der Waals surface area contributed by atoms with Crippen molar-refractivity contribution in [1.29, 1.82) is 0 Å². The Morgan fingerprint density at radius 3 is 2.75 bits per heavy atom. The van der Waals surface area contributed by atoms with E-state index in [1.807, 2.05) is 6.20 Å². The molecule has 1 aliphatic rings. The lowest BCUT2D eigenvalue weighted by Gasteiger charge is -2.18. The summed E-state index contributed by atoms with van der Waals surface area (Å²) in [5, 5.41) is 0. The van der Waals surface area contributed by atoms with Crippen molar-refractivity contribution in [3.63, 3.8) is 0 Å². The van der Waals surface area contributed by atoms with Crippen molar-refractivity contribution >= 4 is 5.82 Å². The number of rotatable bonds is 3. The zero-order valence-corrected chi connectivity index (χ0v) is 10.1. The molecule has 0 amide bonds. The summed E-state index contributed by atoms with van der Waals surface area (Å²) in [7, 11) is 0. The molecule has 2 rings (SSSR count). The molecule has 1 saturated heterocycles. The highest BCUT2D eigenvalue weighted by Crippen LogP contribution is 2.26.